The van der Waals surface area contributed by atoms with Gasteiger partial charge in [0.15, 0.2) is 0 Å². The zero-order chi connectivity index (χ0) is 12.3. The summed E-state index contributed by atoms with van der Waals surface area (Å²) in [6, 6.07) is -0.314. The fourth-order valence-electron chi connectivity index (χ4n) is 1.50. The van der Waals surface area contributed by atoms with Crippen LogP contribution in [0.1, 0.15) is 33.6 Å². The van der Waals surface area contributed by atoms with Crippen LogP contribution >= 0.6 is 0 Å². The molecule has 0 radical (unpaired) electrons. The Hall–Kier alpha value is -1.07. The number of esters is 1. The van der Waals surface area contributed by atoms with Crippen molar-refractivity contribution in [3.8, 4) is 0 Å². The van der Waals surface area contributed by atoms with E-state index in [1.54, 1.807) is 13.8 Å². The summed E-state index contributed by atoms with van der Waals surface area (Å²) in [5.41, 5.74) is 5.69. The monoisotopic (exact) mass is 229 g/mol. The van der Waals surface area contributed by atoms with Gasteiger partial charge < -0.3 is 20.3 Å². The molecule has 0 unspecified atom stereocenters. The van der Waals surface area contributed by atoms with Crippen LogP contribution in [0, 0.1) is 0 Å². The molecule has 0 fully saturated rings. The quantitative estimate of drug-likeness (QED) is 0.692. The van der Waals surface area contributed by atoms with Gasteiger partial charge in [-0.3, -0.25) is 0 Å². The van der Waals surface area contributed by atoms with Gasteiger partial charge in [0.1, 0.15) is 5.76 Å². The lowest BCUT2D eigenvalue weighted by Gasteiger charge is -2.31. The predicted octanol–water partition coefficient (Wildman–Crippen LogP) is 0.668. The van der Waals surface area contributed by atoms with E-state index in [1.165, 1.54) is 6.08 Å². The Morgan fingerprint density at radius 3 is 2.62 bits per heavy atom. The van der Waals surface area contributed by atoms with E-state index in [1.807, 2.05) is 6.92 Å². The van der Waals surface area contributed by atoms with Crippen LogP contribution in [0.5, 0.6) is 0 Å². The Labute approximate surface area is 95.2 Å². The first kappa shape index (κ1) is 13.0. The van der Waals surface area contributed by atoms with E-state index < -0.39 is 17.9 Å². The van der Waals surface area contributed by atoms with Gasteiger partial charge in [0.2, 0.25) is 5.79 Å². The van der Waals surface area contributed by atoms with Gasteiger partial charge in [-0.25, -0.2) is 4.79 Å². The predicted molar refractivity (Wildman–Crippen MR) is 58.2 cm³/mol. The van der Waals surface area contributed by atoms with E-state index >= 15 is 0 Å². The average molecular weight is 229 g/mol. The summed E-state index contributed by atoms with van der Waals surface area (Å²) in [5.74, 6) is -1.02. The second-order valence-electron chi connectivity index (χ2n) is 4.38. The summed E-state index contributed by atoms with van der Waals surface area (Å²) in [5, 5.41) is 9.73. The van der Waals surface area contributed by atoms with Gasteiger partial charge in [0, 0.05) is 26.3 Å². The van der Waals surface area contributed by atoms with Crippen molar-refractivity contribution in [3.05, 3.63) is 11.8 Å². The fourth-order valence-corrected chi connectivity index (χ4v) is 1.50. The molecule has 0 bridgehead atoms. The highest BCUT2D eigenvalue weighted by Crippen LogP contribution is 2.25. The molecule has 1 rings (SSSR count). The lowest BCUT2D eigenvalue weighted by molar-refractivity contribution is -0.206. The van der Waals surface area contributed by atoms with Crippen LogP contribution in [0.4, 0.5) is 0 Å². The number of carbonyl (C=O) groups excluding carboxylic acids is 1. The number of nitrogens with two attached hydrogens (primary N) is 1. The highest BCUT2D eigenvalue weighted by molar-refractivity contribution is 5.83. The van der Waals surface area contributed by atoms with Crippen LogP contribution in [0.3, 0.4) is 0 Å². The number of ether oxygens (including phenoxy) is 2. The minimum atomic E-state index is -0.975. The Balaban J connectivity index is 2.64. The molecule has 16 heavy (non-hydrogen) atoms. The SMILES string of the molecule is CC[C@H](N)[C@@H](O)CC1=CC(=O)OC(C)(C)O1. The first-order chi connectivity index (χ1) is 7.34. The highest BCUT2D eigenvalue weighted by atomic mass is 16.7. The Morgan fingerprint density at radius 1 is 1.50 bits per heavy atom. The molecule has 2 atom stereocenters. The molecule has 0 spiro atoms. The van der Waals surface area contributed by atoms with Crippen LogP contribution in [0.15, 0.2) is 11.8 Å². The van der Waals surface area contributed by atoms with Gasteiger partial charge in [-0.2, -0.15) is 0 Å². The number of rotatable bonds is 4. The highest BCUT2D eigenvalue weighted by Gasteiger charge is 2.31. The summed E-state index contributed by atoms with van der Waals surface area (Å²) in [6.45, 7) is 5.18. The number of carbonyl (C=O) groups is 1. The molecule has 92 valence electrons. The molecule has 0 aromatic carbocycles. The van der Waals surface area contributed by atoms with E-state index in [4.69, 9.17) is 15.2 Å². The minimum absolute atomic E-state index is 0.230. The van der Waals surface area contributed by atoms with Crippen molar-refractivity contribution in [1.82, 2.24) is 0 Å². The molecule has 0 aromatic heterocycles. The molecule has 0 saturated carbocycles. The van der Waals surface area contributed by atoms with Crippen molar-refractivity contribution in [1.29, 1.82) is 0 Å². The topological polar surface area (TPSA) is 81.8 Å². The van der Waals surface area contributed by atoms with E-state index in [-0.39, 0.29) is 12.5 Å². The maximum absolute atomic E-state index is 11.2. The summed E-state index contributed by atoms with van der Waals surface area (Å²) < 4.78 is 10.3. The first-order valence-electron chi connectivity index (χ1n) is 5.40. The third-order valence-corrected chi connectivity index (χ3v) is 2.38. The van der Waals surface area contributed by atoms with Crippen molar-refractivity contribution >= 4 is 5.97 Å². The Kier molecular flexibility index (Phi) is 3.93. The molecule has 0 aliphatic carbocycles. The summed E-state index contributed by atoms with van der Waals surface area (Å²) >= 11 is 0. The van der Waals surface area contributed by atoms with Gasteiger partial charge >= 0.3 is 5.97 Å². The maximum atomic E-state index is 11.2. The summed E-state index contributed by atoms with van der Waals surface area (Å²) in [7, 11) is 0. The van der Waals surface area contributed by atoms with E-state index in [9.17, 15) is 9.90 Å². The molecule has 1 aliphatic heterocycles. The second kappa shape index (κ2) is 4.84. The average Bonchev–Trinajstić information content (AvgIpc) is 2.12. The molecule has 0 amide bonds. The van der Waals surface area contributed by atoms with Crippen molar-refractivity contribution < 1.29 is 19.4 Å². The third kappa shape index (κ3) is 3.50. The van der Waals surface area contributed by atoms with Gasteiger partial charge in [0.05, 0.1) is 12.2 Å². The lowest BCUT2D eigenvalue weighted by atomic mass is 10.0. The minimum Gasteiger partial charge on any atom is -0.457 e. The van der Waals surface area contributed by atoms with Crippen LogP contribution in [0.25, 0.3) is 0 Å². The molecular weight excluding hydrogens is 210 g/mol. The van der Waals surface area contributed by atoms with Crippen LogP contribution in [-0.2, 0) is 14.3 Å². The zero-order valence-corrected chi connectivity index (χ0v) is 9.90. The second-order valence-corrected chi connectivity index (χ2v) is 4.38. The van der Waals surface area contributed by atoms with E-state index in [0.717, 1.165) is 0 Å². The maximum Gasteiger partial charge on any atom is 0.337 e. The normalized spacial score (nSPS) is 22.8. The van der Waals surface area contributed by atoms with Crippen molar-refractivity contribution in [2.24, 2.45) is 5.73 Å². The first-order valence-corrected chi connectivity index (χ1v) is 5.40. The zero-order valence-electron chi connectivity index (χ0n) is 9.90. The van der Waals surface area contributed by atoms with E-state index in [0.29, 0.717) is 12.2 Å². The Bertz CT molecular complexity index is 298. The van der Waals surface area contributed by atoms with Crippen molar-refractivity contribution in [2.45, 2.75) is 51.5 Å². The lowest BCUT2D eigenvalue weighted by Crippen LogP contribution is -2.38. The molecule has 1 heterocycles. The Morgan fingerprint density at radius 2 is 2.12 bits per heavy atom. The molecular formula is C11H19NO4. The number of aliphatic hydroxyl groups excluding tert-OH is 1. The van der Waals surface area contributed by atoms with Crippen molar-refractivity contribution in [3.63, 3.8) is 0 Å². The van der Waals surface area contributed by atoms with Gasteiger partial charge in [-0.1, -0.05) is 6.92 Å². The van der Waals surface area contributed by atoms with Gasteiger partial charge in [-0.05, 0) is 6.42 Å². The standard InChI is InChI=1S/C11H19NO4/c1-4-8(12)9(13)5-7-6-10(14)16-11(2,3)15-7/h6,8-9,13H,4-5,12H2,1-3H3/t8-,9-/m0/s1. The van der Waals surface area contributed by atoms with Crippen molar-refractivity contribution in [2.75, 3.05) is 0 Å². The molecule has 5 nitrogen and oxygen atoms in total. The number of hydrogen-bond acceptors (Lipinski definition) is 5. The van der Waals surface area contributed by atoms with E-state index in [2.05, 4.69) is 0 Å². The molecule has 5 heteroatoms. The molecule has 3 N–H and O–H groups in total. The van der Waals surface area contributed by atoms with Gasteiger partial charge in [-0.15, -0.1) is 0 Å². The molecule has 1 aliphatic rings. The van der Waals surface area contributed by atoms with Gasteiger partial charge in [0.25, 0.3) is 0 Å². The van der Waals surface area contributed by atoms with Crippen LogP contribution in [0.2, 0.25) is 0 Å². The largest absolute Gasteiger partial charge is 0.457 e. The number of cyclic esters (lactones) is 1. The summed E-state index contributed by atoms with van der Waals surface area (Å²) in [6.07, 6.45) is 1.44. The molecule has 0 aromatic rings. The summed E-state index contributed by atoms with van der Waals surface area (Å²) in [4.78, 5) is 11.2. The number of hydrogen-bond donors (Lipinski definition) is 2. The van der Waals surface area contributed by atoms with Crippen LogP contribution < -0.4 is 5.73 Å². The fraction of sp³-hybridized carbons (Fsp3) is 0.727. The molecule has 0 saturated heterocycles. The smallest absolute Gasteiger partial charge is 0.337 e. The number of aliphatic hydroxyl groups is 1. The van der Waals surface area contributed by atoms with Crippen LogP contribution in [-0.4, -0.2) is 29.0 Å². The third-order valence-electron chi connectivity index (χ3n) is 2.38.